The van der Waals surface area contributed by atoms with E-state index in [0.717, 1.165) is 29.2 Å². The highest BCUT2D eigenvalue weighted by Gasteiger charge is 2.05. The number of carbonyl (C=O) groups excluding carboxylic acids is 1. The third kappa shape index (κ3) is 3.83. The molecule has 0 saturated heterocycles. The van der Waals surface area contributed by atoms with Gasteiger partial charge in [-0.2, -0.15) is 0 Å². The number of carbonyl (C=O) groups is 1. The van der Waals surface area contributed by atoms with Crippen molar-refractivity contribution in [2.75, 3.05) is 7.05 Å². The molecule has 2 rings (SSSR count). The predicted molar refractivity (Wildman–Crippen MR) is 81.6 cm³/mol. The molecule has 2 N–H and O–H groups in total. The molecule has 0 spiro atoms. The van der Waals surface area contributed by atoms with Gasteiger partial charge in [-0.25, -0.2) is 0 Å². The van der Waals surface area contributed by atoms with Crippen molar-refractivity contribution in [2.45, 2.75) is 13.1 Å². The lowest BCUT2D eigenvalue weighted by molar-refractivity contribution is 0.100. The smallest absolute Gasteiger partial charge is 0.248 e. The minimum atomic E-state index is -0.402. The van der Waals surface area contributed by atoms with Gasteiger partial charge in [-0.1, -0.05) is 41.9 Å². The molecule has 0 aliphatic rings. The Morgan fingerprint density at radius 2 is 1.75 bits per heavy atom. The minimum absolute atomic E-state index is 0.402. The molecule has 2 aromatic carbocycles. The lowest BCUT2D eigenvalue weighted by Gasteiger charge is -2.17. The van der Waals surface area contributed by atoms with Crippen LogP contribution < -0.4 is 5.73 Å². The molecule has 0 fully saturated rings. The first-order valence-corrected chi connectivity index (χ1v) is 6.75. The van der Waals surface area contributed by atoms with E-state index in [0.29, 0.717) is 5.56 Å². The van der Waals surface area contributed by atoms with E-state index in [9.17, 15) is 4.79 Å². The van der Waals surface area contributed by atoms with Crippen LogP contribution in [0.1, 0.15) is 21.5 Å². The first kappa shape index (κ1) is 14.6. The SMILES string of the molecule is CN(Cc1ccc(C(N)=O)cc1)Cc1ccccc1Cl. The maximum absolute atomic E-state index is 11.0. The summed E-state index contributed by atoms with van der Waals surface area (Å²) in [5.41, 5.74) is 7.98. The van der Waals surface area contributed by atoms with Crippen LogP contribution in [0.2, 0.25) is 5.02 Å². The van der Waals surface area contributed by atoms with E-state index in [-0.39, 0.29) is 0 Å². The maximum Gasteiger partial charge on any atom is 0.248 e. The van der Waals surface area contributed by atoms with Crippen LogP contribution in [0, 0.1) is 0 Å². The number of primary amides is 1. The Kier molecular flexibility index (Phi) is 4.77. The second kappa shape index (κ2) is 6.55. The van der Waals surface area contributed by atoms with Crippen molar-refractivity contribution in [3.05, 3.63) is 70.2 Å². The first-order chi connectivity index (χ1) is 9.56. The summed E-state index contributed by atoms with van der Waals surface area (Å²) in [6, 6.07) is 15.2. The summed E-state index contributed by atoms with van der Waals surface area (Å²) < 4.78 is 0. The molecule has 0 saturated carbocycles. The van der Waals surface area contributed by atoms with Crippen molar-refractivity contribution < 1.29 is 4.79 Å². The Bertz CT molecular complexity index is 596. The van der Waals surface area contributed by atoms with Gasteiger partial charge in [0.05, 0.1) is 0 Å². The van der Waals surface area contributed by atoms with Crippen molar-refractivity contribution in [1.29, 1.82) is 0 Å². The first-order valence-electron chi connectivity index (χ1n) is 6.37. The molecular formula is C16H17ClN2O. The molecule has 0 aromatic heterocycles. The number of nitrogens with zero attached hydrogens (tertiary/aromatic N) is 1. The topological polar surface area (TPSA) is 46.3 Å². The third-order valence-electron chi connectivity index (χ3n) is 3.09. The molecule has 0 atom stereocenters. The fraction of sp³-hybridized carbons (Fsp3) is 0.188. The molecule has 4 heteroatoms. The highest BCUT2D eigenvalue weighted by molar-refractivity contribution is 6.31. The van der Waals surface area contributed by atoms with Crippen LogP contribution in [0.4, 0.5) is 0 Å². The van der Waals surface area contributed by atoms with E-state index in [4.69, 9.17) is 17.3 Å². The van der Waals surface area contributed by atoms with Crippen molar-refractivity contribution in [2.24, 2.45) is 5.73 Å². The normalized spacial score (nSPS) is 10.8. The zero-order valence-corrected chi connectivity index (χ0v) is 12.1. The molecule has 0 unspecified atom stereocenters. The molecule has 0 radical (unpaired) electrons. The van der Waals surface area contributed by atoms with E-state index >= 15 is 0 Å². The van der Waals surface area contributed by atoms with Crippen LogP contribution in [-0.2, 0) is 13.1 Å². The Morgan fingerprint density at radius 1 is 1.10 bits per heavy atom. The average molecular weight is 289 g/mol. The number of amides is 1. The highest BCUT2D eigenvalue weighted by Crippen LogP contribution is 2.17. The summed E-state index contributed by atoms with van der Waals surface area (Å²) in [5, 5.41) is 0.781. The lowest BCUT2D eigenvalue weighted by Crippen LogP contribution is -2.17. The monoisotopic (exact) mass is 288 g/mol. The summed E-state index contributed by atoms with van der Waals surface area (Å²) in [7, 11) is 2.03. The van der Waals surface area contributed by atoms with Crippen molar-refractivity contribution in [3.8, 4) is 0 Å². The fourth-order valence-corrected chi connectivity index (χ4v) is 2.25. The summed E-state index contributed by atoms with van der Waals surface area (Å²) in [6.45, 7) is 1.56. The lowest BCUT2D eigenvalue weighted by atomic mass is 10.1. The van der Waals surface area contributed by atoms with Crippen LogP contribution in [0.5, 0.6) is 0 Å². The second-order valence-electron chi connectivity index (χ2n) is 4.82. The van der Waals surface area contributed by atoms with Gasteiger partial charge in [0, 0.05) is 23.7 Å². The van der Waals surface area contributed by atoms with Crippen LogP contribution in [0.25, 0.3) is 0 Å². The van der Waals surface area contributed by atoms with Crippen molar-refractivity contribution >= 4 is 17.5 Å². The zero-order chi connectivity index (χ0) is 14.5. The van der Waals surface area contributed by atoms with Crippen molar-refractivity contribution in [3.63, 3.8) is 0 Å². The number of hydrogen-bond acceptors (Lipinski definition) is 2. The van der Waals surface area contributed by atoms with E-state index in [1.165, 1.54) is 0 Å². The predicted octanol–water partition coefficient (Wildman–Crippen LogP) is 3.07. The van der Waals surface area contributed by atoms with Gasteiger partial charge >= 0.3 is 0 Å². The third-order valence-corrected chi connectivity index (χ3v) is 3.46. The van der Waals surface area contributed by atoms with Gasteiger partial charge in [0.25, 0.3) is 0 Å². The van der Waals surface area contributed by atoms with Crippen molar-refractivity contribution in [1.82, 2.24) is 4.90 Å². The Morgan fingerprint density at radius 3 is 2.35 bits per heavy atom. The van der Waals surface area contributed by atoms with Gasteiger partial charge in [-0.15, -0.1) is 0 Å². The number of hydrogen-bond donors (Lipinski definition) is 1. The highest BCUT2D eigenvalue weighted by atomic mass is 35.5. The van der Waals surface area contributed by atoms with Gasteiger partial charge in [0.1, 0.15) is 0 Å². The Labute approximate surface area is 124 Å². The number of halogens is 1. The molecule has 3 nitrogen and oxygen atoms in total. The van der Waals surface area contributed by atoms with E-state index in [2.05, 4.69) is 4.90 Å². The fourth-order valence-electron chi connectivity index (χ4n) is 2.06. The van der Waals surface area contributed by atoms with Crippen LogP contribution >= 0.6 is 11.6 Å². The van der Waals surface area contributed by atoms with Gasteiger partial charge in [-0.05, 0) is 36.4 Å². The molecule has 0 aliphatic heterocycles. The molecule has 20 heavy (non-hydrogen) atoms. The van der Waals surface area contributed by atoms with Gasteiger partial charge in [0.15, 0.2) is 0 Å². The van der Waals surface area contributed by atoms with Crippen LogP contribution in [0.3, 0.4) is 0 Å². The standard InChI is InChI=1S/C16H17ClN2O/c1-19(11-14-4-2-3-5-15(14)17)10-12-6-8-13(9-7-12)16(18)20/h2-9H,10-11H2,1H3,(H2,18,20). The van der Waals surface area contributed by atoms with E-state index in [1.807, 2.05) is 43.4 Å². The quantitative estimate of drug-likeness (QED) is 0.919. The van der Waals surface area contributed by atoms with Crippen LogP contribution in [0.15, 0.2) is 48.5 Å². The van der Waals surface area contributed by atoms with Gasteiger partial charge in [-0.3, -0.25) is 9.69 Å². The minimum Gasteiger partial charge on any atom is -0.366 e. The number of benzene rings is 2. The summed E-state index contributed by atoms with van der Waals surface area (Å²) in [5.74, 6) is -0.402. The molecule has 1 amide bonds. The van der Waals surface area contributed by atoms with Gasteiger partial charge < -0.3 is 5.73 Å². The molecular weight excluding hydrogens is 272 g/mol. The average Bonchev–Trinajstić information content (AvgIpc) is 2.42. The summed E-state index contributed by atoms with van der Waals surface area (Å²) in [4.78, 5) is 13.2. The molecule has 0 bridgehead atoms. The Hall–Kier alpha value is -1.84. The van der Waals surface area contributed by atoms with E-state index in [1.54, 1.807) is 12.1 Å². The van der Waals surface area contributed by atoms with E-state index < -0.39 is 5.91 Å². The molecule has 0 aliphatic carbocycles. The summed E-state index contributed by atoms with van der Waals surface area (Å²) in [6.07, 6.45) is 0. The largest absolute Gasteiger partial charge is 0.366 e. The van der Waals surface area contributed by atoms with Crippen LogP contribution in [-0.4, -0.2) is 17.9 Å². The number of rotatable bonds is 5. The molecule has 2 aromatic rings. The zero-order valence-electron chi connectivity index (χ0n) is 11.3. The van der Waals surface area contributed by atoms with Gasteiger partial charge in [0.2, 0.25) is 5.91 Å². The second-order valence-corrected chi connectivity index (χ2v) is 5.23. The Balaban J connectivity index is 1.99. The molecule has 104 valence electrons. The maximum atomic E-state index is 11.0. The number of nitrogens with two attached hydrogens (primary N) is 1. The summed E-state index contributed by atoms with van der Waals surface area (Å²) >= 11 is 6.15. The molecule has 0 heterocycles.